The molecule has 2 heterocycles. The number of rotatable bonds is 5. The van der Waals surface area contributed by atoms with Crippen molar-refractivity contribution in [2.75, 3.05) is 13.1 Å². The second-order valence-electron chi connectivity index (χ2n) is 6.72. The van der Waals surface area contributed by atoms with Gasteiger partial charge in [0.2, 0.25) is 0 Å². The summed E-state index contributed by atoms with van der Waals surface area (Å²) in [5.41, 5.74) is 0.197. The van der Waals surface area contributed by atoms with E-state index in [1.54, 1.807) is 31.2 Å². The topological polar surface area (TPSA) is 113 Å². The first-order chi connectivity index (χ1) is 12.8. The first-order valence-electron chi connectivity index (χ1n) is 8.70. The van der Waals surface area contributed by atoms with Gasteiger partial charge in [0, 0.05) is 25.9 Å². The van der Waals surface area contributed by atoms with Crippen LogP contribution in [0.3, 0.4) is 0 Å². The summed E-state index contributed by atoms with van der Waals surface area (Å²) in [6, 6.07) is 6.90. The van der Waals surface area contributed by atoms with Crippen molar-refractivity contribution >= 4 is 11.9 Å². The van der Waals surface area contributed by atoms with Crippen LogP contribution in [0.4, 0.5) is 0 Å². The van der Waals surface area contributed by atoms with E-state index in [1.165, 1.54) is 4.90 Å². The van der Waals surface area contributed by atoms with E-state index >= 15 is 0 Å². The number of carboxylic acids is 1. The van der Waals surface area contributed by atoms with Gasteiger partial charge >= 0.3 is 5.97 Å². The van der Waals surface area contributed by atoms with Crippen LogP contribution in [0.2, 0.25) is 0 Å². The highest BCUT2D eigenvalue weighted by Gasteiger charge is 2.40. The van der Waals surface area contributed by atoms with Crippen molar-refractivity contribution in [1.29, 1.82) is 0 Å². The van der Waals surface area contributed by atoms with E-state index in [0.717, 1.165) is 11.3 Å². The molecule has 0 spiro atoms. The van der Waals surface area contributed by atoms with E-state index in [4.69, 9.17) is 14.4 Å². The minimum atomic E-state index is -1.77. The fourth-order valence-corrected chi connectivity index (χ4v) is 3.09. The third-order valence-corrected chi connectivity index (χ3v) is 4.95. The van der Waals surface area contributed by atoms with Crippen molar-refractivity contribution in [3.05, 3.63) is 46.8 Å². The Hall–Kier alpha value is -2.87. The molecule has 1 aromatic carbocycles. The van der Waals surface area contributed by atoms with Gasteiger partial charge in [-0.05, 0) is 26.0 Å². The lowest BCUT2D eigenvalue weighted by atomic mass is 9.91. The molecule has 1 fully saturated rings. The highest BCUT2D eigenvalue weighted by atomic mass is 16.5. The van der Waals surface area contributed by atoms with Crippen LogP contribution < -0.4 is 4.74 Å². The van der Waals surface area contributed by atoms with Gasteiger partial charge in [0.25, 0.3) is 5.91 Å². The van der Waals surface area contributed by atoms with Crippen molar-refractivity contribution in [2.24, 2.45) is 0 Å². The zero-order valence-corrected chi connectivity index (χ0v) is 15.3. The second-order valence-corrected chi connectivity index (χ2v) is 6.72. The maximum absolute atomic E-state index is 12.9. The molecule has 8 nitrogen and oxygen atoms in total. The number of aliphatic hydroxyl groups is 1. The average molecular weight is 374 g/mol. The first kappa shape index (κ1) is 18.9. The van der Waals surface area contributed by atoms with Crippen molar-refractivity contribution in [3.8, 4) is 5.75 Å². The summed E-state index contributed by atoms with van der Waals surface area (Å²) in [6.07, 6.45) is -0.00759. The summed E-state index contributed by atoms with van der Waals surface area (Å²) in [5, 5.41) is 23.0. The third kappa shape index (κ3) is 3.80. The van der Waals surface area contributed by atoms with E-state index in [2.05, 4.69) is 5.16 Å². The number of piperidine rings is 1. The normalized spacial score (nSPS) is 16.2. The standard InChI is InChI=1S/C19H22N2O6/c1-12-15(13(2)27-20-12)11-26-16-6-4-3-5-14(16)17(22)21-9-7-19(25,8-10-21)18(23)24/h3-6,25H,7-11H2,1-2H3,(H,23,24). The molecule has 0 atom stereocenters. The van der Waals surface area contributed by atoms with E-state index in [0.29, 0.717) is 17.1 Å². The quantitative estimate of drug-likeness (QED) is 0.822. The molecule has 1 amide bonds. The van der Waals surface area contributed by atoms with Crippen molar-refractivity contribution in [2.45, 2.75) is 38.9 Å². The molecule has 1 saturated heterocycles. The number of hydrogen-bond donors (Lipinski definition) is 2. The Balaban J connectivity index is 1.72. The number of carbonyl (C=O) groups is 2. The molecule has 1 aliphatic heterocycles. The molecule has 1 aromatic heterocycles. The van der Waals surface area contributed by atoms with Crippen LogP contribution in [0.15, 0.2) is 28.8 Å². The summed E-state index contributed by atoms with van der Waals surface area (Å²) in [7, 11) is 0. The summed E-state index contributed by atoms with van der Waals surface area (Å²) in [6.45, 7) is 4.18. The van der Waals surface area contributed by atoms with Crippen LogP contribution in [-0.2, 0) is 11.4 Å². The molecule has 8 heteroatoms. The number of benzene rings is 1. The Morgan fingerprint density at radius 3 is 2.52 bits per heavy atom. The number of para-hydroxylation sites is 1. The zero-order chi connectivity index (χ0) is 19.6. The molecule has 27 heavy (non-hydrogen) atoms. The Morgan fingerprint density at radius 1 is 1.26 bits per heavy atom. The lowest BCUT2D eigenvalue weighted by Crippen LogP contribution is -2.50. The van der Waals surface area contributed by atoms with E-state index in [9.17, 15) is 14.7 Å². The number of carbonyl (C=O) groups excluding carboxylic acids is 1. The molecule has 0 unspecified atom stereocenters. The number of amides is 1. The highest BCUT2D eigenvalue weighted by molar-refractivity contribution is 5.97. The van der Waals surface area contributed by atoms with Gasteiger partial charge in [0.05, 0.1) is 16.8 Å². The number of nitrogens with zero attached hydrogens (tertiary/aromatic N) is 2. The van der Waals surface area contributed by atoms with Crippen LogP contribution in [0.25, 0.3) is 0 Å². The highest BCUT2D eigenvalue weighted by Crippen LogP contribution is 2.27. The summed E-state index contributed by atoms with van der Waals surface area (Å²) < 4.78 is 11.0. The maximum atomic E-state index is 12.9. The smallest absolute Gasteiger partial charge is 0.335 e. The van der Waals surface area contributed by atoms with Gasteiger partial charge in [-0.25, -0.2) is 4.79 Å². The molecular weight excluding hydrogens is 352 g/mol. The monoisotopic (exact) mass is 374 g/mol. The Bertz CT molecular complexity index is 832. The Labute approximate surface area is 156 Å². The van der Waals surface area contributed by atoms with E-state index < -0.39 is 11.6 Å². The predicted molar refractivity (Wildman–Crippen MR) is 94.5 cm³/mol. The molecule has 3 rings (SSSR count). The average Bonchev–Trinajstić information content (AvgIpc) is 2.98. The fraction of sp³-hybridized carbons (Fsp3) is 0.421. The van der Waals surface area contributed by atoms with E-state index in [1.807, 2.05) is 6.92 Å². The number of aliphatic carboxylic acids is 1. The van der Waals surface area contributed by atoms with Gasteiger partial charge in [-0.2, -0.15) is 0 Å². The lowest BCUT2D eigenvalue weighted by molar-refractivity contribution is -0.162. The van der Waals surface area contributed by atoms with Crippen LogP contribution in [-0.4, -0.2) is 50.8 Å². The molecule has 0 radical (unpaired) electrons. The fourth-order valence-electron chi connectivity index (χ4n) is 3.09. The molecule has 1 aliphatic rings. The van der Waals surface area contributed by atoms with Gasteiger partial charge in [-0.3, -0.25) is 4.79 Å². The summed E-state index contributed by atoms with van der Waals surface area (Å²) in [4.78, 5) is 25.6. The van der Waals surface area contributed by atoms with Gasteiger partial charge in [0.15, 0.2) is 5.60 Å². The van der Waals surface area contributed by atoms with Gasteiger partial charge in [-0.15, -0.1) is 0 Å². The maximum Gasteiger partial charge on any atom is 0.335 e. The number of aromatic nitrogens is 1. The molecule has 144 valence electrons. The van der Waals surface area contributed by atoms with Crippen LogP contribution in [0.1, 0.15) is 40.2 Å². The van der Waals surface area contributed by atoms with Gasteiger partial charge in [-0.1, -0.05) is 17.3 Å². The minimum Gasteiger partial charge on any atom is -0.488 e. The molecular formula is C19H22N2O6. The molecule has 0 saturated carbocycles. The molecule has 2 N–H and O–H groups in total. The minimum absolute atomic E-state index is 0.00379. The van der Waals surface area contributed by atoms with Crippen molar-refractivity contribution in [3.63, 3.8) is 0 Å². The number of carboxylic acid groups (broad SMARTS) is 1. The number of ether oxygens (including phenoxy) is 1. The van der Waals surface area contributed by atoms with Gasteiger partial charge < -0.3 is 24.4 Å². The Morgan fingerprint density at radius 2 is 1.93 bits per heavy atom. The molecule has 2 aromatic rings. The summed E-state index contributed by atoms with van der Waals surface area (Å²) >= 11 is 0. The number of hydrogen-bond acceptors (Lipinski definition) is 6. The zero-order valence-electron chi connectivity index (χ0n) is 15.3. The van der Waals surface area contributed by atoms with Crippen molar-refractivity contribution < 1.29 is 29.1 Å². The lowest BCUT2D eigenvalue weighted by Gasteiger charge is -2.35. The number of likely N-dealkylation sites (tertiary alicyclic amines) is 1. The third-order valence-electron chi connectivity index (χ3n) is 4.95. The predicted octanol–water partition coefficient (Wildman–Crippen LogP) is 1.92. The Kier molecular flexibility index (Phi) is 5.18. The van der Waals surface area contributed by atoms with Crippen molar-refractivity contribution in [1.82, 2.24) is 10.1 Å². The number of aryl methyl sites for hydroxylation is 2. The van der Waals surface area contributed by atoms with Gasteiger partial charge in [0.1, 0.15) is 18.1 Å². The molecule has 0 bridgehead atoms. The second kappa shape index (κ2) is 7.40. The van der Waals surface area contributed by atoms with E-state index in [-0.39, 0.29) is 38.4 Å². The molecule has 0 aliphatic carbocycles. The van der Waals surface area contributed by atoms with Crippen LogP contribution in [0.5, 0.6) is 5.75 Å². The summed E-state index contributed by atoms with van der Waals surface area (Å²) in [5.74, 6) is -0.406. The first-order valence-corrected chi connectivity index (χ1v) is 8.70. The van der Waals surface area contributed by atoms with Crippen LogP contribution >= 0.6 is 0 Å². The largest absolute Gasteiger partial charge is 0.488 e. The SMILES string of the molecule is Cc1noc(C)c1COc1ccccc1C(=O)N1CCC(O)(C(=O)O)CC1. The van der Waals surface area contributed by atoms with Crippen LogP contribution in [0, 0.1) is 13.8 Å².